The van der Waals surface area contributed by atoms with Crippen molar-refractivity contribution in [3.05, 3.63) is 29.6 Å². The minimum absolute atomic E-state index is 0.163. The molecule has 26 heavy (non-hydrogen) atoms. The minimum Gasteiger partial charge on any atom is -0.356 e. The van der Waals surface area contributed by atoms with Crippen LogP contribution in [0, 0.1) is 6.92 Å². The van der Waals surface area contributed by atoms with Crippen LogP contribution in [0.3, 0.4) is 0 Å². The quantitative estimate of drug-likeness (QED) is 0.569. The molecule has 1 saturated carbocycles. The molecule has 142 valence electrons. The fraction of sp³-hybridized carbons (Fsp3) is 0.632. The Balaban J connectivity index is 1.39. The summed E-state index contributed by atoms with van der Waals surface area (Å²) in [6.07, 6.45) is 6.98. The van der Waals surface area contributed by atoms with E-state index in [-0.39, 0.29) is 5.91 Å². The molecule has 1 aliphatic carbocycles. The predicted molar refractivity (Wildman–Crippen MR) is 103 cm³/mol. The molecule has 1 amide bonds. The van der Waals surface area contributed by atoms with Gasteiger partial charge in [-0.2, -0.15) is 0 Å². The van der Waals surface area contributed by atoms with Gasteiger partial charge in [-0.05, 0) is 43.4 Å². The lowest BCUT2D eigenvalue weighted by Gasteiger charge is -2.36. The highest BCUT2D eigenvalue weighted by atomic mass is 16.2. The van der Waals surface area contributed by atoms with Crippen LogP contribution < -0.4 is 10.6 Å². The molecule has 1 aliphatic heterocycles. The third kappa shape index (κ3) is 5.42. The monoisotopic (exact) mass is 358 g/mol. The number of hydrogen-bond acceptors (Lipinski definition) is 4. The number of aryl methyl sites for hydroxylation is 1. The second kappa shape index (κ2) is 8.98. The number of guanidine groups is 1. The van der Waals surface area contributed by atoms with Crippen molar-refractivity contribution in [3.63, 3.8) is 0 Å². The molecule has 1 aromatic heterocycles. The Hall–Kier alpha value is -2.15. The van der Waals surface area contributed by atoms with E-state index in [1.54, 1.807) is 0 Å². The smallest absolute Gasteiger partial charge is 0.234 e. The van der Waals surface area contributed by atoms with Crippen molar-refractivity contribution in [2.24, 2.45) is 4.99 Å². The van der Waals surface area contributed by atoms with Gasteiger partial charge in [-0.3, -0.25) is 19.7 Å². The van der Waals surface area contributed by atoms with Crippen LogP contribution in [0.1, 0.15) is 24.0 Å². The Morgan fingerprint density at radius 3 is 2.73 bits per heavy atom. The first-order chi connectivity index (χ1) is 12.7. The molecule has 0 aromatic carbocycles. The Labute approximate surface area is 155 Å². The molecule has 7 nitrogen and oxygen atoms in total. The third-order valence-corrected chi connectivity index (χ3v) is 5.01. The molecule has 2 heterocycles. The number of carbonyl (C=O) groups is 1. The summed E-state index contributed by atoms with van der Waals surface area (Å²) in [5, 5.41) is 6.52. The van der Waals surface area contributed by atoms with Gasteiger partial charge < -0.3 is 15.5 Å². The van der Waals surface area contributed by atoms with Crippen LogP contribution >= 0.6 is 0 Å². The molecule has 0 spiro atoms. The maximum absolute atomic E-state index is 11.9. The number of nitrogens with zero attached hydrogens (tertiary/aromatic N) is 4. The summed E-state index contributed by atoms with van der Waals surface area (Å²) >= 11 is 0. The van der Waals surface area contributed by atoms with Crippen molar-refractivity contribution < 1.29 is 4.79 Å². The minimum atomic E-state index is 0.163. The van der Waals surface area contributed by atoms with E-state index in [9.17, 15) is 4.79 Å². The van der Waals surface area contributed by atoms with Gasteiger partial charge in [-0.1, -0.05) is 0 Å². The number of piperazine rings is 1. The van der Waals surface area contributed by atoms with E-state index in [1.807, 2.05) is 19.4 Å². The lowest BCUT2D eigenvalue weighted by Crippen LogP contribution is -2.54. The summed E-state index contributed by atoms with van der Waals surface area (Å²) in [5.74, 6) is 1.11. The number of aliphatic imine (C=N–C) groups is 1. The van der Waals surface area contributed by atoms with E-state index < -0.39 is 0 Å². The van der Waals surface area contributed by atoms with Crippen molar-refractivity contribution >= 4 is 11.9 Å². The Morgan fingerprint density at radius 1 is 1.31 bits per heavy atom. The molecule has 0 bridgehead atoms. The molecule has 1 saturated heterocycles. The standard InChI is InChI=1S/C19H30N6O/c1-15-13-21-7-5-16(15)6-8-22-19(20-2)25-11-9-24(10-12-25)14-18(26)23-17-3-4-17/h5,7,13,17H,3-4,6,8-12,14H2,1-2H3,(H,20,22)(H,23,26). The fourth-order valence-electron chi connectivity index (χ4n) is 3.25. The summed E-state index contributed by atoms with van der Waals surface area (Å²) in [6.45, 7) is 7.02. The molecule has 0 unspecified atom stereocenters. The summed E-state index contributed by atoms with van der Waals surface area (Å²) in [5.41, 5.74) is 2.54. The van der Waals surface area contributed by atoms with Crippen molar-refractivity contribution in [3.8, 4) is 0 Å². The number of aromatic nitrogens is 1. The van der Waals surface area contributed by atoms with Crippen molar-refractivity contribution in [2.45, 2.75) is 32.2 Å². The zero-order valence-electron chi connectivity index (χ0n) is 15.9. The second-order valence-corrected chi connectivity index (χ2v) is 7.13. The Bertz CT molecular complexity index is 635. The van der Waals surface area contributed by atoms with Crippen molar-refractivity contribution in [1.82, 2.24) is 25.4 Å². The first-order valence-corrected chi connectivity index (χ1v) is 9.52. The summed E-state index contributed by atoms with van der Waals surface area (Å²) in [7, 11) is 1.83. The number of pyridine rings is 1. The van der Waals surface area contributed by atoms with Gasteiger partial charge in [0, 0.05) is 58.2 Å². The van der Waals surface area contributed by atoms with Crippen LogP contribution in [-0.4, -0.2) is 79.0 Å². The zero-order valence-corrected chi connectivity index (χ0v) is 15.9. The number of hydrogen-bond donors (Lipinski definition) is 2. The van der Waals surface area contributed by atoms with Gasteiger partial charge in [0.05, 0.1) is 6.54 Å². The topological polar surface area (TPSA) is 72.9 Å². The molecule has 7 heteroatoms. The summed E-state index contributed by atoms with van der Waals surface area (Å²) < 4.78 is 0. The van der Waals surface area contributed by atoms with Crippen molar-refractivity contribution in [2.75, 3.05) is 46.3 Å². The Kier molecular flexibility index (Phi) is 6.44. The summed E-state index contributed by atoms with van der Waals surface area (Å²) in [6, 6.07) is 2.52. The van der Waals surface area contributed by atoms with Crippen LogP contribution in [0.5, 0.6) is 0 Å². The van der Waals surface area contributed by atoms with E-state index in [0.717, 1.165) is 57.9 Å². The number of nitrogens with one attached hydrogen (secondary N) is 2. The van der Waals surface area contributed by atoms with Gasteiger partial charge in [0.1, 0.15) is 0 Å². The number of rotatable bonds is 6. The molecule has 3 rings (SSSR count). The average molecular weight is 358 g/mol. The molecule has 2 N–H and O–H groups in total. The van der Waals surface area contributed by atoms with E-state index in [2.05, 4.69) is 43.4 Å². The van der Waals surface area contributed by atoms with Crippen LogP contribution in [0.2, 0.25) is 0 Å². The third-order valence-electron chi connectivity index (χ3n) is 5.01. The predicted octanol–water partition coefficient (Wildman–Crippen LogP) is 0.404. The molecule has 2 aliphatic rings. The van der Waals surface area contributed by atoms with E-state index in [1.165, 1.54) is 11.1 Å². The van der Waals surface area contributed by atoms with Gasteiger partial charge in [-0.15, -0.1) is 0 Å². The summed E-state index contributed by atoms with van der Waals surface area (Å²) in [4.78, 5) is 25.0. The normalized spacial score (nSPS) is 18.7. The number of amides is 1. The van der Waals surface area contributed by atoms with Crippen LogP contribution in [0.15, 0.2) is 23.5 Å². The van der Waals surface area contributed by atoms with Gasteiger partial charge >= 0.3 is 0 Å². The van der Waals surface area contributed by atoms with Crippen LogP contribution in [0.4, 0.5) is 0 Å². The first-order valence-electron chi connectivity index (χ1n) is 9.52. The molecule has 2 fully saturated rings. The maximum atomic E-state index is 11.9. The van der Waals surface area contributed by atoms with Gasteiger partial charge in [0.25, 0.3) is 0 Å². The average Bonchev–Trinajstić information content (AvgIpc) is 3.45. The molecule has 1 aromatic rings. The van der Waals surface area contributed by atoms with Gasteiger partial charge in [0.2, 0.25) is 5.91 Å². The molecular weight excluding hydrogens is 328 g/mol. The van der Waals surface area contributed by atoms with Crippen molar-refractivity contribution in [1.29, 1.82) is 0 Å². The Morgan fingerprint density at radius 2 is 2.08 bits per heavy atom. The highest BCUT2D eigenvalue weighted by Gasteiger charge is 2.25. The van der Waals surface area contributed by atoms with Gasteiger partial charge in [0.15, 0.2) is 5.96 Å². The molecule has 0 radical (unpaired) electrons. The largest absolute Gasteiger partial charge is 0.356 e. The fourth-order valence-corrected chi connectivity index (χ4v) is 3.25. The number of carbonyl (C=O) groups excluding carboxylic acids is 1. The molecular formula is C19H30N6O. The lowest BCUT2D eigenvalue weighted by atomic mass is 10.1. The SMILES string of the molecule is CN=C(NCCc1ccncc1C)N1CCN(CC(=O)NC2CC2)CC1. The van der Waals surface area contributed by atoms with Gasteiger partial charge in [-0.25, -0.2) is 0 Å². The van der Waals surface area contributed by atoms with E-state index in [4.69, 9.17) is 0 Å². The van der Waals surface area contributed by atoms with E-state index >= 15 is 0 Å². The highest BCUT2D eigenvalue weighted by molar-refractivity contribution is 5.80. The lowest BCUT2D eigenvalue weighted by molar-refractivity contribution is -0.122. The van der Waals surface area contributed by atoms with Crippen LogP contribution in [-0.2, 0) is 11.2 Å². The zero-order chi connectivity index (χ0) is 18.4. The second-order valence-electron chi connectivity index (χ2n) is 7.13. The highest BCUT2D eigenvalue weighted by Crippen LogP contribution is 2.18. The maximum Gasteiger partial charge on any atom is 0.234 e. The van der Waals surface area contributed by atoms with E-state index in [0.29, 0.717) is 12.6 Å². The van der Waals surface area contributed by atoms with Crippen LogP contribution in [0.25, 0.3) is 0 Å². The first kappa shape index (κ1) is 18.6. The molecule has 0 atom stereocenters.